The van der Waals surface area contributed by atoms with Gasteiger partial charge in [0.05, 0.1) is 25.4 Å². The van der Waals surface area contributed by atoms with Gasteiger partial charge < -0.3 is 40.3 Å². The molecule has 1 rings (SSSR count). The van der Waals surface area contributed by atoms with Crippen molar-refractivity contribution in [2.45, 2.75) is 249 Å². The molecule has 1 heterocycles. The lowest BCUT2D eigenvalue weighted by molar-refractivity contribution is -0.302. The summed E-state index contributed by atoms with van der Waals surface area (Å²) in [6, 6.07) is -0.734. The SMILES string of the molecule is CCCCCCCC/C=C/CCCCCCCCCC(=O)N[C@@H](CO[C@H]1O[C@@H](CO)[C@H](O)C(O)C1O)[C@H](O)CCCC/C=C/CCCCCCCCCCC. The zero-order chi connectivity index (χ0) is 40.2. The Bertz CT molecular complexity index is 914. The second-order valence-corrected chi connectivity index (χ2v) is 16.2. The van der Waals surface area contributed by atoms with Crippen molar-refractivity contribution in [3.63, 3.8) is 0 Å². The predicted octanol–water partition coefficient (Wildman–Crippen LogP) is 9.50. The van der Waals surface area contributed by atoms with Gasteiger partial charge in [0.1, 0.15) is 24.4 Å². The molecule has 55 heavy (non-hydrogen) atoms. The molecule has 1 saturated heterocycles. The molecule has 0 radical (unpaired) electrons. The van der Waals surface area contributed by atoms with Gasteiger partial charge >= 0.3 is 0 Å². The highest BCUT2D eigenvalue weighted by molar-refractivity contribution is 5.76. The van der Waals surface area contributed by atoms with Gasteiger partial charge in [-0.1, -0.05) is 160 Å². The van der Waals surface area contributed by atoms with Gasteiger partial charge in [0, 0.05) is 6.42 Å². The Morgan fingerprint density at radius 3 is 1.47 bits per heavy atom. The molecule has 324 valence electrons. The standard InChI is InChI=1S/C46H87NO8/c1-3-5-7-9-11-13-15-17-19-20-22-24-26-28-30-32-34-36-42(50)47-39(38-54-46-45(53)44(52)43(51)41(37-48)55-46)40(49)35-33-31-29-27-25-23-21-18-16-14-12-10-8-6-4-2/h17,19,25,27,39-41,43-46,48-49,51-53H,3-16,18,20-24,26,28-38H2,1-2H3,(H,47,50)/b19-17+,27-25+/t39-,40+,41-,43-,44?,45?,46-/m0/s1. The predicted molar refractivity (Wildman–Crippen MR) is 226 cm³/mol. The minimum Gasteiger partial charge on any atom is -0.394 e. The summed E-state index contributed by atoms with van der Waals surface area (Å²) < 4.78 is 11.2. The van der Waals surface area contributed by atoms with Crippen LogP contribution in [0.25, 0.3) is 0 Å². The van der Waals surface area contributed by atoms with Crippen molar-refractivity contribution in [3.05, 3.63) is 24.3 Å². The Kier molecular flexibility index (Phi) is 34.7. The third kappa shape index (κ3) is 27.9. The van der Waals surface area contributed by atoms with E-state index in [1.165, 1.54) is 135 Å². The molecule has 0 aliphatic carbocycles. The number of hydrogen-bond acceptors (Lipinski definition) is 8. The van der Waals surface area contributed by atoms with Gasteiger partial charge in [-0.3, -0.25) is 4.79 Å². The molecule has 6 N–H and O–H groups in total. The Balaban J connectivity index is 2.35. The van der Waals surface area contributed by atoms with Crippen molar-refractivity contribution in [1.29, 1.82) is 0 Å². The van der Waals surface area contributed by atoms with Crippen molar-refractivity contribution in [1.82, 2.24) is 5.32 Å². The summed E-state index contributed by atoms with van der Waals surface area (Å²) in [4.78, 5) is 13.0. The van der Waals surface area contributed by atoms with Gasteiger partial charge in [-0.2, -0.15) is 0 Å². The van der Waals surface area contributed by atoms with Gasteiger partial charge in [0.2, 0.25) is 5.91 Å². The van der Waals surface area contributed by atoms with E-state index < -0.39 is 49.5 Å². The maximum Gasteiger partial charge on any atom is 0.220 e. The van der Waals surface area contributed by atoms with E-state index in [-0.39, 0.29) is 12.5 Å². The number of carbonyl (C=O) groups excluding carboxylic acids is 1. The highest BCUT2D eigenvalue weighted by Gasteiger charge is 2.44. The lowest BCUT2D eigenvalue weighted by Gasteiger charge is -2.40. The Labute approximate surface area is 337 Å². The first kappa shape index (κ1) is 51.7. The van der Waals surface area contributed by atoms with Crippen LogP contribution in [0.15, 0.2) is 24.3 Å². The fraction of sp³-hybridized carbons (Fsp3) is 0.891. The number of nitrogens with one attached hydrogen (secondary N) is 1. The van der Waals surface area contributed by atoms with E-state index in [0.29, 0.717) is 12.8 Å². The number of carbonyl (C=O) groups is 1. The summed E-state index contributed by atoms with van der Waals surface area (Å²) in [6.45, 7) is 3.81. The molecule has 1 aliphatic rings. The molecule has 1 aliphatic heterocycles. The van der Waals surface area contributed by atoms with E-state index in [1.807, 2.05) is 0 Å². The van der Waals surface area contributed by atoms with Crippen LogP contribution >= 0.6 is 0 Å². The maximum atomic E-state index is 13.0. The molecule has 0 aromatic rings. The minimum atomic E-state index is -1.56. The van der Waals surface area contributed by atoms with Crippen LogP contribution in [0.3, 0.4) is 0 Å². The molecule has 0 aromatic carbocycles. The number of rotatable bonds is 38. The van der Waals surface area contributed by atoms with E-state index >= 15 is 0 Å². The topological polar surface area (TPSA) is 149 Å². The minimum absolute atomic E-state index is 0.150. The molecule has 1 amide bonds. The first-order valence-corrected chi connectivity index (χ1v) is 23.0. The van der Waals surface area contributed by atoms with Crippen molar-refractivity contribution in [3.8, 4) is 0 Å². The van der Waals surface area contributed by atoms with E-state index in [1.54, 1.807) is 0 Å². The average Bonchev–Trinajstić information content (AvgIpc) is 3.18. The van der Waals surface area contributed by atoms with Crippen LogP contribution in [0.1, 0.15) is 206 Å². The summed E-state index contributed by atoms with van der Waals surface area (Å²) in [7, 11) is 0. The number of aliphatic hydroxyl groups is 5. The van der Waals surface area contributed by atoms with Crippen LogP contribution in [0.5, 0.6) is 0 Å². The molecular formula is C46H87NO8. The molecular weight excluding hydrogens is 695 g/mol. The monoisotopic (exact) mass is 782 g/mol. The van der Waals surface area contributed by atoms with Crippen molar-refractivity contribution < 1.29 is 39.8 Å². The van der Waals surface area contributed by atoms with Gasteiger partial charge in [-0.15, -0.1) is 0 Å². The Morgan fingerprint density at radius 1 is 0.600 bits per heavy atom. The molecule has 0 bridgehead atoms. The summed E-state index contributed by atoms with van der Waals surface area (Å²) in [5.74, 6) is -0.159. The van der Waals surface area contributed by atoms with Crippen molar-refractivity contribution in [2.24, 2.45) is 0 Å². The Morgan fingerprint density at radius 2 is 1.02 bits per heavy atom. The second kappa shape index (κ2) is 37.0. The van der Waals surface area contributed by atoms with Gasteiger partial charge in [-0.05, 0) is 64.2 Å². The molecule has 7 atom stereocenters. The smallest absolute Gasteiger partial charge is 0.220 e. The van der Waals surface area contributed by atoms with Crippen LogP contribution in [0.4, 0.5) is 0 Å². The third-order valence-electron chi connectivity index (χ3n) is 11.0. The molecule has 1 fully saturated rings. The van der Waals surface area contributed by atoms with Crippen LogP contribution in [0, 0.1) is 0 Å². The zero-order valence-corrected chi connectivity index (χ0v) is 35.4. The highest BCUT2D eigenvalue weighted by Crippen LogP contribution is 2.23. The second-order valence-electron chi connectivity index (χ2n) is 16.2. The molecule has 0 aromatic heterocycles. The number of allylic oxidation sites excluding steroid dienone is 4. The number of hydrogen-bond donors (Lipinski definition) is 6. The molecule has 2 unspecified atom stereocenters. The van der Waals surface area contributed by atoms with E-state index in [2.05, 4.69) is 43.5 Å². The van der Waals surface area contributed by atoms with E-state index in [0.717, 1.165) is 44.9 Å². The largest absolute Gasteiger partial charge is 0.394 e. The highest BCUT2D eigenvalue weighted by atomic mass is 16.7. The fourth-order valence-corrected chi connectivity index (χ4v) is 7.27. The lowest BCUT2D eigenvalue weighted by Crippen LogP contribution is -2.60. The quantitative estimate of drug-likeness (QED) is 0.0268. The fourth-order valence-electron chi connectivity index (χ4n) is 7.27. The van der Waals surface area contributed by atoms with Gasteiger partial charge in [0.25, 0.3) is 0 Å². The van der Waals surface area contributed by atoms with Gasteiger partial charge in [-0.25, -0.2) is 0 Å². The molecule has 0 spiro atoms. The van der Waals surface area contributed by atoms with E-state index in [4.69, 9.17) is 9.47 Å². The summed E-state index contributed by atoms with van der Waals surface area (Å²) in [5.41, 5.74) is 0. The Hall–Kier alpha value is -1.33. The summed E-state index contributed by atoms with van der Waals surface area (Å²) in [5, 5.41) is 54.3. The van der Waals surface area contributed by atoms with Crippen molar-refractivity contribution >= 4 is 5.91 Å². The average molecular weight is 782 g/mol. The summed E-state index contributed by atoms with van der Waals surface area (Å²) in [6.07, 6.45) is 36.1. The number of unbranched alkanes of at least 4 members (excludes halogenated alkanes) is 24. The van der Waals surface area contributed by atoms with Gasteiger partial charge in [0.15, 0.2) is 6.29 Å². The number of aliphatic hydroxyl groups excluding tert-OH is 5. The number of amides is 1. The van der Waals surface area contributed by atoms with E-state index in [9.17, 15) is 30.3 Å². The van der Waals surface area contributed by atoms with Crippen LogP contribution in [0.2, 0.25) is 0 Å². The van der Waals surface area contributed by atoms with Crippen molar-refractivity contribution in [2.75, 3.05) is 13.2 Å². The summed E-state index contributed by atoms with van der Waals surface area (Å²) >= 11 is 0. The zero-order valence-electron chi connectivity index (χ0n) is 35.4. The third-order valence-corrected chi connectivity index (χ3v) is 11.0. The normalized spacial score (nSPS) is 21.5. The first-order chi connectivity index (χ1) is 26.8. The molecule has 0 saturated carbocycles. The maximum absolute atomic E-state index is 13.0. The van der Waals surface area contributed by atoms with Crippen LogP contribution in [-0.4, -0.2) is 87.5 Å². The molecule has 9 nitrogen and oxygen atoms in total. The molecule has 9 heteroatoms. The van der Waals surface area contributed by atoms with Crippen LogP contribution < -0.4 is 5.32 Å². The first-order valence-electron chi connectivity index (χ1n) is 23.0. The number of ether oxygens (including phenoxy) is 2. The lowest BCUT2D eigenvalue weighted by atomic mass is 9.99. The van der Waals surface area contributed by atoms with Crippen LogP contribution in [-0.2, 0) is 14.3 Å².